The fraction of sp³-hybridized carbons (Fsp3) is 0.176. The van der Waals surface area contributed by atoms with Gasteiger partial charge < -0.3 is 15.0 Å². The van der Waals surface area contributed by atoms with Crippen LogP contribution in [0.5, 0.6) is 5.75 Å². The number of anilines is 2. The number of rotatable bonds is 5. The van der Waals surface area contributed by atoms with Gasteiger partial charge in [-0.05, 0) is 42.5 Å². The normalized spacial score (nSPS) is 10.2. The zero-order valence-corrected chi connectivity index (χ0v) is 14.7. The Bertz CT molecular complexity index is 748. The van der Waals surface area contributed by atoms with E-state index < -0.39 is 0 Å². The summed E-state index contributed by atoms with van der Waals surface area (Å²) in [4.78, 5) is 25.4. The predicted molar refractivity (Wildman–Crippen MR) is 96.1 cm³/mol. The number of methoxy groups -OCH3 is 1. The summed E-state index contributed by atoms with van der Waals surface area (Å²) in [6.07, 6.45) is 0. The smallest absolute Gasteiger partial charge is 0.244 e. The Morgan fingerprint density at radius 2 is 1.79 bits per heavy atom. The van der Waals surface area contributed by atoms with Crippen LogP contribution in [0.25, 0.3) is 0 Å². The number of nitrogens with one attached hydrogen (secondary N) is 1. The second-order valence-corrected chi connectivity index (χ2v) is 5.82. The van der Waals surface area contributed by atoms with Crippen LogP contribution < -0.4 is 15.0 Å². The number of halogens is 2. The van der Waals surface area contributed by atoms with Crippen LogP contribution in [0.2, 0.25) is 10.0 Å². The molecule has 0 heterocycles. The quantitative estimate of drug-likeness (QED) is 0.869. The van der Waals surface area contributed by atoms with Crippen LogP contribution in [-0.4, -0.2) is 25.5 Å². The van der Waals surface area contributed by atoms with Gasteiger partial charge in [0.25, 0.3) is 0 Å². The second-order valence-electron chi connectivity index (χ2n) is 4.98. The Morgan fingerprint density at radius 1 is 1.12 bits per heavy atom. The van der Waals surface area contributed by atoms with Crippen molar-refractivity contribution in [3.8, 4) is 5.75 Å². The zero-order valence-electron chi connectivity index (χ0n) is 13.2. The summed E-state index contributed by atoms with van der Waals surface area (Å²) in [5.74, 6) is 0.0387. The van der Waals surface area contributed by atoms with Gasteiger partial charge in [0.15, 0.2) is 0 Å². The van der Waals surface area contributed by atoms with Crippen molar-refractivity contribution < 1.29 is 14.3 Å². The molecule has 0 saturated heterocycles. The third-order valence-electron chi connectivity index (χ3n) is 3.26. The first-order valence-corrected chi connectivity index (χ1v) is 7.83. The lowest BCUT2D eigenvalue weighted by Crippen LogP contribution is -2.36. The second kappa shape index (κ2) is 8.04. The largest absolute Gasteiger partial charge is 0.497 e. The molecule has 0 aromatic heterocycles. The molecule has 0 bridgehead atoms. The van der Waals surface area contributed by atoms with Crippen LogP contribution in [-0.2, 0) is 9.59 Å². The van der Waals surface area contributed by atoms with E-state index in [1.54, 1.807) is 43.5 Å². The van der Waals surface area contributed by atoms with E-state index in [2.05, 4.69) is 5.32 Å². The van der Waals surface area contributed by atoms with Gasteiger partial charge in [-0.2, -0.15) is 0 Å². The fourth-order valence-electron chi connectivity index (χ4n) is 2.08. The third kappa shape index (κ3) is 4.63. The Balaban J connectivity index is 2.12. The van der Waals surface area contributed by atoms with E-state index in [-0.39, 0.29) is 18.4 Å². The molecule has 2 rings (SSSR count). The molecule has 0 fully saturated rings. The van der Waals surface area contributed by atoms with E-state index in [9.17, 15) is 9.59 Å². The summed E-state index contributed by atoms with van der Waals surface area (Å²) in [7, 11) is 1.56. The number of ether oxygens (including phenoxy) is 1. The number of carbonyl (C=O) groups is 2. The summed E-state index contributed by atoms with van der Waals surface area (Å²) in [6, 6.07) is 11.6. The van der Waals surface area contributed by atoms with Crippen LogP contribution in [0.3, 0.4) is 0 Å². The van der Waals surface area contributed by atoms with Crippen molar-refractivity contribution in [1.29, 1.82) is 0 Å². The molecule has 0 aliphatic rings. The van der Waals surface area contributed by atoms with Crippen LogP contribution in [0.15, 0.2) is 42.5 Å². The standard InChI is InChI=1S/C17H16Cl2N2O3/c1-11(22)21(16-8-3-12(18)9-15(16)19)10-17(23)20-13-4-6-14(24-2)7-5-13/h3-9H,10H2,1-2H3,(H,20,23). The minimum absolute atomic E-state index is 0.164. The molecule has 0 aliphatic carbocycles. The maximum absolute atomic E-state index is 12.2. The maximum Gasteiger partial charge on any atom is 0.244 e. The van der Waals surface area contributed by atoms with Crippen LogP contribution >= 0.6 is 23.2 Å². The topological polar surface area (TPSA) is 58.6 Å². The highest BCUT2D eigenvalue weighted by molar-refractivity contribution is 6.36. The molecule has 1 N–H and O–H groups in total. The molecular formula is C17H16Cl2N2O3. The summed E-state index contributed by atoms with van der Waals surface area (Å²) in [6.45, 7) is 1.20. The molecule has 0 saturated carbocycles. The van der Waals surface area contributed by atoms with Crippen molar-refractivity contribution in [3.05, 3.63) is 52.5 Å². The molecule has 0 unspecified atom stereocenters. The molecule has 2 aromatic rings. The molecule has 126 valence electrons. The van der Waals surface area contributed by atoms with Crippen molar-refractivity contribution in [2.45, 2.75) is 6.92 Å². The van der Waals surface area contributed by atoms with Crippen LogP contribution in [0.1, 0.15) is 6.92 Å². The van der Waals surface area contributed by atoms with E-state index >= 15 is 0 Å². The van der Waals surface area contributed by atoms with Gasteiger partial charge in [0.05, 0.1) is 17.8 Å². The van der Waals surface area contributed by atoms with E-state index in [0.717, 1.165) is 0 Å². The highest BCUT2D eigenvalue weighted by Crippen LogP contribution is 2.29. The van der Waals surface area contributed by atoms with Crippen molar-refractivity contribution in [3.63, 3.8) is 0 Å². The summed E-state index contributed by atoms with van der Waals surface area (Å²) in [5.41, 5.74) is 1.03. The first kappa shape index (κ1) is 18.1. The lowest BCUT2D eigenvalue weighted by molar-refractivity contribution is -0.120. The van der Waals surface area contributed by atoms with E-state index in [4.69, 9.17) is 27.9 Å². The molecular weight excluding hydrogens is 351 g/mol. The van der Waals surface area contributed by atoms with Crippen molar-refractivity contribution >= 4 is 46.4 Å². The van der Waals surface area contributed by atoms with Gasteiger partial charge in [0, 0.05) is 17.6 Å². The third-order valence-corrected chi connectivity index (χ3v) is 3.79. The number of hydrogen-bond donors (Lipinski definition) is 1. The Hall–Kier alpha value is -2.24. The minimum Gasteiger partial charge on any atom is -0.497 e. The molecule has 5 nitrogen and oxygen atoms in total. The van der Waals surface area contributed by atoms with Gasteiger partial charge in [-0.1, -0.05) is 23.2 Å². The van der Waals surface area contributed by atoms with Crippen LogP contribution in [0, 0.1) is 0 Å². The van der Waals surface area contributed by atoms with Gasteiger partial charge in [0.1, 0.15) is 12.3 Å². The van der Waals surface area contributed by atoms with Crippen LogP contribution in [0.4, 0.5) is 11.4 Å². The average molecular weight is 367 g/mol. The highest BCUT2D eigenvalue weighted by atomic mass is 35.5. The number of benzene rings is 2. The zero-order chi connectivity index (χ0) is 17.7. The van der Waals surface area contributed by atoms with Crippen molar-refractivity contribution in [1.82, 2.24) is 0 Å². The first-order valence-electron chi connectivity index (χ1n) is 7.07. The van der Waals surface area contributed by atoms with Gasteiger partial charge in [-0.3, -0.25) is 9.59 Å². The maximum atomic E-state index is 12.2. The summed E-state index contributed by atoms with van der Waals surface area (Å²) < 4.78 is 5.06. The minimum atomic E-state index is -0.346. The Labute approximate surface area is 150 Å². The number of nitrogens with zero attached hydrogens (tertiary/aromatic N) is 1. The van der Waals surface area contributed by atoms with Gasteiger partial charge in [-0.25, -0.2) is 0 Å². The fourth-order valence-corrected chi connectivity index (χ4v) is 2.60. The summed E-state index contributed by atoms with van der Waals surface area (Å²) >= 11 is 12.0. The molecule has 2 amide bonds. The number of hydrogen-bond acceptors (Lipinski definition) is 3. The first-order chi connectivity index (χ1) is 11.4. The van der Waals surface area contributed by atoms with E-state index in [0.29, 0.717) is 27.2 Å². The lowest BCUT2D eigenvalue weighted by Gasteiger charge is -2.22. The van der Waals surface area contributed by atoms with E-state index in [1.165, 1.54) is 17.9 Å². The molecule has 0 spiro atoms. The predicted octanol–water partition coefficient (Wildman–Crippen LogP) is 3.99. The lowest BCUT2D eigenvalue weighted by atomic mass is 10.2. The highest BCUT2D eigenvalue weighted by Gasteiger charge is 2.18. The van der Waals surface area contributed by atoms with Gasteiger partial charge in [0.2, 0.25) is 11.8 Å². The number of amides is 2. The van der Waals surface area contributed by atoms with Crippen molar-refractivity contribution in [2.75, 3.05) is 23.9 Å². The molecule has 2 aromatic carbocycles. The molecule has 0 atom stereocenters. The monoisotopic (exact) mass is 366 g/mol. The Kier molecular flexibility index (Phi) is 6.06. The van der Waals surface area contributed by atoms with E-state index in [1.807, 2.05) is 0 Å². The van der Waals surface area contributed by atoms with Gasteiger partial charge >= 0.3 is 0 Å². The summed E-state index contributed by atoms with van der Waals surface area (Å²) in [5, 5.41) is 3.48. The average Bonchev–Trinajstić information content (AvgIpc) is 2.54. The Morgan fingerprint density at radius 3 is 2.33 bits per heavy atom. The SMILES string of the molecule is COc1ccc(NC(=O)CN(C(C)=O)c2ccc(Cl)cc2Cl)cc1. The van der Waals surface area contributed by atoms with Crippen molar-refractivity contribution in [2.24, 2.45) is 0 Å². The molecule has 0 radical (unpaired) electrons. The number of carbonyl (C=O) groups excluding carboxylic acids is 2. The molecule has 0 aliphatic heterocycles. The molecule has 24 heavy (non-hydrogen) atoms. The van der Waals surface area contributed by atoms with Gasteiger partial charge in [-0.15, -0.1) is 0 Å². The molecule has 7 heteroatoms.